The van der Waals surface area contributed by atoms with Gasteiger partial charge in [0.2, 0.25) is 29.5 Å². The number of H-pyrrole nitrogens is 2. The van der Waals surface area contributed by atoms with Crippen LogP contribution in [-0.4, -0.2) is 135 Å². The molecule has 0 bridgehead atoms. The molecular weight excluding hydrogens is 837 g/mol. The lowest BCUT2D eigenvalue weighted by Gasteiger charge is -2.31. The molecule has 2 aliphatic rings. The molecule has 0 radical (unpaired) electrons. The number of carboxylic acid groups (broad SMARTS) is 1. The van der Waals surface area contributed by atoms with E-state index in [-0.39, 0.29) is 70.1 Å². The molecule has 4 heterocycles. The van der Waals surface area contributed by atoms with Gasteiger partial charge >= 0.3 is 5.97 Å². The van der Waals surface area contributed by atoms with Crippen molar-refractivity contribution in [1.82, 2.24) is 46.4 Å². The van der Waals surface area contributed by atoms with Crippen LogP contribution in [0.5, 0.6) is 0 Å². The lowest BCUT2D eigenvalue weighted by atomic mass is 10.0. The Balaban J connectivity index is 1.19. The van der Waals surface area contributed by atoms with Crippen molar-refractivity contribution < 1.29 is 33.9 Å². The molecule has 4 aromatic rings. The van der Waals surface area contributed by atoms with Crippen LogP contribution >= 0.6 is 0 Å². The highest BCUT2D eigenvalue weighted by Gasteiger charge is 2.41. The van der Waals surface area contributed by atoms with Crippen LogP contribution < -0.4 is 43.8 Å². The molecule has 0 aliphatic carbocycles. The molecule has 5 amide bonds. The average molecular weight is 897 g/mol. The number of hydrogen-bond donors (Lipinski definition) is 13. The van der Waals surface area contributed by atoms with E-state index < -0.39 is 71.8 Å². The zero-order chi connectivity index (χ0) is 46.6. The number of nitrogens with zero attached hydrogens (tertiary/aromatic N) is 2. The minimum absolute atomic E-state index is 0.00606. The third-order valence-corrected chi connectivity index (χ3v) is 12.0. The summed E-state index contributed by atoms with van der Waals surface area (Å²) >= 11 is 0. The van der Waals surface area contributed by atoms with Crippen LogP contribution in [-0.2, 0) is 41.6 Å². The van der Waals surface area contributed by atoms with E-state index in [1.54, 1.807) is 6.20 Å². The zero-order valence-electron chi connectivity index (χ0n) is 36.2. The van der Waals surface area contributed by atoms with E-state index in [0.717, 1.165) is 27.4 Å². The van der Waals surface area contributed by atoms with Gasteiger partial charge in [-0.05, 0) is 81.0 Å². The summed E-state index contributed by atoms with van der Waals surface area (Å²) in [4.78, 5) is 92.2. The highest BCUT2D eigenvalue weighted by molar-refractivity contribution is 5.97. The second kappa shape index (κ2) is 22.0. The molecule has 2 aliphatic heterocycles. The number of aromatic nitrogens is 2. The first-order valence-electron chi connectivity index (χ1n) is 22.0. The molecule has 6 rings (SSSR count). The third-order valence-electron chi connectivity index (χ3n) is 12.0. The fraction of sp³-hybridized carbons (Fsp3) is 0.455. The summed E-state index contributed by atoms with van der Waals surface area (Å²) in [5, 5.41) is 40.1. The summed E-state index contributed by atoms with van der Waals surface area (Å²) in [7, 11) is 0. The smallest absolute Gasteiger partial charge is 0.326 e. The molecule has 0 unspecified atom stereocenters. The Morgan fingerprint density at radius 1 is 0.677 bits per heavy atom. The number of carbonyl (C=O) groups is 6. The molecule has 2 aromatic heterocycles. The third kappa shape index (κ3) is 12.1. The van der Waals surface area contributed by atoms with Gasteiger partial charge in [0.15, 0.2) is 11.9 Å². The van der Waals surface area contributed by atoms with Gasteiger partial charge in [0.25, 0.3) is 0 Å². The zero-order valence-corrected chi connectivity index (χ0v) is 36.2. The van der Waals surface area contributed by atoms with E-state index in [1.165, 1.54) is 9.80 Å². The number of fused-ring (bicyclic) bond motifs is 2. The topological polar surface area (TPSA) is 347 Å². The fourth-order valence-electron chi connectivity index (χ4n) is 8.76. The molecular formula is C44H60N14O7. The molecule has 21 heteroatoms. The van der Waals surface area contributed by atoms with Crippen molar-refractivity contribution in [3.63, 3.8) is 0 Å². The maximum absolute atomic E-state index is 14.7. The molecule has 2 aromatic carbocycles. The summed E-state index contributed by atoms with van der Waals surface area (Å²) in [6.07, 6.45) is 6.08. The van der Waals surface area contributed by atoms with Crippen LogP contribution in [0.25, 0.3) is 21.8 Å². The van der Waals surface area contributed by atoms with Gasteiger partial charge in [-0.25, -0.2) is 4.79 Å². The van der Waals surface area contributed by atoms with Crippen molar-refractivity contribution in [3.8, 4) is 0 Å². The predicted molar refractivity (Wildman–Crippen MR) is 243 cm³/mol. The number of guanidine groups is 2. The first-order valence-corrected chi connectivity index (χ1v) is 22.0. The fourth-order valence-corrected chi connectivity index (χ4v) is 8.76. The quantitative estimate of drug-likeness (QED) is 0.0294. The van der Waals surface area contributed by atoms with Crippen LogP contribution in [0, 0.1) is 10.8 Å². The van der Waals surface area contributed by atoms with Crippen LogP contribution in [0.3, 0.4) is 0 Å². The van der Waals surface area contributed by atoms with Gasteiger partial charge in [0, 0.05) is 66.8 Å². The molecule has 6 atom stereocenters. The van der Waals surface area contributed by atoms with Gasteiger partial charge in [-0.15, -0.1) is 0 Å². The summed E-state index contributed by atoms with van der Waals surface area (Å²) in [5.74, 6) is -4.65. The average Bonchev–Trinajstić information content (AvgIpc) is 4.12. The number of amides is 5. The summed E-state index contributed by atoms with van der Waals surface area (Å²) in [5.41, 5.74) is 20.6. The SMILES string of the molecule is N=C(N)NCCC[C@H](NC(=O)[C@H]1CCCN1C(=O)[C@H](Cc1c[nH]c2ccccc12)NC(=O)[C@H](CCCNC(=N)N)NC(=O)[C@H]1CCCN1C(=O)[C@@H](N)Cc1c[nH]c2ccccc12)C(=O)O. The van der Waals surface area contributed by atoms with Crippen LogP contribution in [0.15, 0.2) is 60.9 Å². The van der Waals surface area contributed by atoms with Crippen LogP contribution in [0.2, 0.25) is 0 Å². The largest absolute Gasteiger partial charge is 0.480 e. The first kappa shape index (κ1) is 47.3. The van der Waals surface area contributed by atoms with E-state index in [0.29, 0.717) is 37.8 Å². The highest BCUT2D eigenvalue weighted by atomic mass is 16.4. The number of aromatic amines is 2. The first-order chi connectivity index (χ1) is 31.2. The van der Waals surface area contributed by atoms with Crippen molar-refractivity contribution in [1.29, 1.82) is 10.8 Å². The molecule has 2 saturated heterocycles. The molecule has 348 valence electrons. The van der Waals surface area contributed by atoms with E-state index in [2.05, 4.69) is 36.6 Å². The summed E-state index contributed by atoms with van der Waals surface area (Å²) in [6.45, 7) is 0.902. The van der Waals surface area contributed by atoms with Gasteiger partial charge in [0.05, 0.1) is 6.04 Å². The Labute approximate surface area is 375 Å². The minimum atomic E-state index is -1.27. The maximum atomic E-state index is 14.7. The molecule has 2 fully saturated rings. The Kier molecular flexibility index (Phi) is 16.0. The Morgan fingerprint density at radius 2 is 1.15 bits per heavy atom. The molecule has 0 saturated carbocycles. The number of likely N-dealkylation sites (tertiary alicyclic amines) is 2. The molecule has 21 nitrogen and oxygen atoms in total. The second-order valence-corrected chi connectivity index (χ2v) is 16.6. The number of benzene rings is 2. The number of nitrogens with one attached hydrogen (secondary N) is 9. The van der Waals surface area contributed by atoms with Crippen LogP contribution in [0.1, 0.15) is 62.5 Å². The Bertz CT molecular complexity index is 2380. The highest BCUT2D eigenvalue weighted by Crippen LogP contribution is 2.25. The van der Waals surface area contributed by atoms with Crippen molar-refractivity contribution in [3.05, 3.63) is 72.1 Å². The van der Waals surface area contributed by atoms with E-state index >= 15 is 0 Å². The van der Waals surface area contributed by atoms with Crippen molar-refractivity contribution in [2.75, 3.05) is 26.2 Å². The van der Waals surface area contributed by atoms with E-state index in [9.17, 15) is 33.9 Å². The van der Waals surface area contributed by atoms with Gasteiger partial charge < -0.3 is 68.7 Å². The molecule has 0 spiro atoms. The van der Waals surface area contributed by atoms with E-state index in [1.807, 2.05) is 54.7 Å². The number of rotatable bonds is 21. The standard InChI is InChI=1S/C44H60N14O7/c45-29(21-25-23-52-30-11-3-1-9-27(25)30)40(62)57-19-7-15-35(57)38(60)54-32(13-5-17-50-43(46)47)37(59)56-34(22-26-24-53-31-12-4-2-10-28(26)31)41(63)58-20-8-16-36(58)39(61)55-33(42(64)65)14-6-18-51-44(48)49/h1-4,9-12,23-24,29,32-36,52-53H,5-8,13-22,45H2,(H,54,60)(H,55,61)(H,56,59)(H,64,65)(H4,46,47,50)(H4,48,49,51)/t29-,32-,33-,34-,35+,36+/m0/s1. The summed E-state index contributed by atoms with van der Waals surface area (Å²) < 4.78 is 0. The number of nitrogens with two attached hydrogens (primary N) is 3. The molecule has 65 heavy (non-hydrogen) atoms. The van der Waals surface area contributed by atoms with E-state index in [4.69, 9.17) is 28.0 Å². The second-order valence-electron chi connectivity index (χ2n) is 16.6. The van der Waals surface area contributed by atoms with Gasteiger partial charge in [-0.1, -0.05) is 36.4 Å². The van der Waals surface area contributed by atoms with Crippen molar-refractivity contribution >= 4 is 69.2 Å². The monoisotopic (exact) mass is 896 g/mol. The normalized spacial score (nSPS) is 17.8. The van der Waals surface area contributed by atoms with Crippen molar-refractivity contribution in [2.24, 2.45) is 17.2 Å². The predicted octanol–water partition coefficient (Wildman–Crippen LogP) is -0.191. The number of aliphatic carboxylic acids is 1. The molecule has 16 N–H and O–H groups in total. The van der Waals surface area contributed by atoms with Crippen molar-refractivity contribution in [2.45, 2.75) is 100 Å². The minimum Gasteiger partial charge on any atom is -0.480 e. The number of carbonyl (C=O) groups excluding carboxylic acids is 5. The number of carboxylic acids is 1. The van der Waals surface area contributed by atoms with Gasteiger partial charge in [0.1, 0.15) is 30.2 Å². The maximum Gasteiger partial charge on any atom is 0.326 e. The lowest BCUT2D eigenvalue weighted by molar-refractivity contribution is -0.145. The van der Waals surface area contributed by atoms with Crippen LogP contribution in [0.4, 0.5) is 0 Å². The van der Waals surface area contributed by atoms with Gasteiger partial charge in [-0.3, -0.25) is 34.8 Å². The number of hydrogen-bond acceptors (Lipinski definition) is 9. The van der Waals surface area contributed by atoms with Gasteiger partial charge in [-0.2, -0.15) is 0 Å². The Hall–Kier alpha value is -7.16. The lowest BCUT2D eigenvalue weighted by Crippen LogP contribution is -2.59. The summed E-state index contributed by atoms with van der Waals surface area (Å²) in [6, 6.07) is 8.57. The Morgan fingerprint density at radius 3 is 1.68 bits per heavy atom. The number of para-hydroxylation sites is 2.